The third-order valence-corrected chi connectivity index (χ3v) is 3.36. The number of rotatable bonds is 3. The van der Waals surface area contributed by atoms with Crippen molar-refractivity contribution in [2.24, 2.45) is 0 Å². The van der Waals surface area contributed by atoms with Gasteiger partial charge in [-0.3, -0.25) is 4.98 Å². The van der Waals surface area contributed by atoms with Gasteiger partial charge in [0.25, 0.3) is 0 Å². The monoisotopic (exact) mass is 218 g/mol. The van der Waals surface area contributed by atoms with Crippen LogP contribution in [0, 0.1) is 6.92 Å². The predicted molar refractivity (Wildman–Crippen MR) is 64.2 cm³/mol. The molecule has 0 aliphatic rings. The van der Waals surface area contributed by atoms with Crippen LogP contribution in [0.1, 0.15) is 22.0 Å². The standard InChI is InChI=1S/C12H14N2S/c1-9-5-3-4-6-10(9)12(13-2)11-7-14-8-15-11/h3-8,12-13H,1-2H3. The van der Waals surface area contributed by atoms with E-state index in [1.165, 1.54) is 16.0 Å². The van der Waals surface area contributed by atoms with Crippen molar-refractivity contribution in [2.45, 2.75) is 13.0 Å². The molecule has 0 amide bonds. The quantitative estimate of drug-likeness (QED) is 0.857. The van der Waals surface area contributed by atoms with Crippen LogP contribution in [-0.2, 0) is 0 Å². The topological polar surface area (TPSA) is 24.9 Å². The zero-order chi connectivity index (χ0) is 10.7. The van der Waals surface area contributed by atoms with Gasteiger partial charge in [-0.2, -0.15) is 0 Å². The van der Waals surface area contributed by atoms with E-state index in [1.54, 1.807) is 11.3 Å². The molecule has 1 heterocycles. The Morgan fingerprint density at radius 1 is 1.33 bits per heavy atom. The average Bonchev–Trinajstić information content (AvgIpc) is 2.75. The van der Waals surface area contributed by atoms with E-state index in [4.69, 9.17) is 0 Å². The van der Waals surface area contributed by atoms with Crippen LogP contribution in [0.15, 0.2) is 36.0 Å². The number of nitrogens with one attached hydrogen (secondary N) is 1. The fourth-order valence-corrected chi connectivity index (χ4v) is 2.48. The Morgan fingerprint density at radius 2 is 2.13 bits per heavy atom. The van der Waals surface area contributed by atoms with Crippen molar-refractivity contribution < 1.29 is 0 Å². The minimum absolute atomic E-state index is 0.263. The Balaban J connectivity index is 2.40. The third-order valence-electron chi connectivity index (χ3n) is 2.52. The van der Waals surface area contributed by atoms with E-state index in [1.807, 2.05) is 18.8 Å². The van der Waals surface area contributed by atoms with E-state index in [2.05, 4.69) is 41.5 Å². The maximum atomic E-state index is 4.12. The third kappa shape index (κ3) is 2.08. The molecule has 2 nitrogen and oxygen atoms in total. The zero-order valence-electron chi connectivity index (χ0n) is 8.90. The summed E-state index contributed by atoms with van der Waals surface area (Å²) in [6, 6.07) is 8.71. The number of aryl methyl sites for hydroxylation is 1. The van der Waals surface area contributed by atoms with Gasteiger partial charge in [-0.1, -0.05) is 24.3 Å². The summed E-state index contributed by atoms with van der Waals surface area (Å²) >= 11 is 1.69. The normalized spacial score (nSPS) is 12.7. The zero-order valence-corrected chi connectivity index (χ0v) is 9.71. The molecule has 0 aliphatic carbocycles. The minimum atomic E-state index is 0.263. The van der Waals surface area contributed by atoms with E-state index in [0.29, 0.717) is 0 Å². The van der Waals surface area contributed by atoms with Gasteiger partial charge in [-0.05, 0) is 25.1 Å². The first-order valence-electron chi connectivity index (χ1n) is 4.94. The van der Waals surface area contributed by atoms with E-state index in [0.717, 1.165) is 0 Å². The summed E-state index contributed by atoms with van der Waals surface area (Å²) in [6.45, 7) is 2.14. The molecular weight excluding hydrogens is 204 g/mol. The summed E-state index contributed by atoms with van der Waals surface area (Å²) in [5, 5.41) is 3.33. The van der Waals surface area contributed by atoms with E-state index < -0.39 is 0 Å². The molecule has 0 spiro atoms. The van der Waals surface area contributed by atoms with Crippen molar-refractivity contribution >= 4 is 11.3 Å². The van der Waals surface area contributed by atoms with Gasteiger partial charge in [0.15, 0.2) is 0 Å². The van der Waals surface area contributed by atoms with Crippen LogP contribution in [-0.4, -0.2) is 12.0 Å². The van der Waals surface area contributed by atoms with Crippen molar-refractivity contribution in [1.82, 2.24) is 10.3 Å². The molecule has 0 saturated heterocycles. The maximum absolute atomic E-state index is 4.12. The smallest absolute Gasteiger partial charge is 0.0794 e. The molecular formula is C12H14N2S. The Morgan fingerprint density at radius 3 is 2.73 bits per heavy atom. The van der Waals surface area contributed by atoms with Crippen LogP contribution in [0.3, 0.4) is 0 Å². The molecule has 2 rings (SSSR count). The second-order valence-corrected chi connectivity index (χ2v) is 4.40. The van der Waals surface area contributed by atoms with Gasteiger partial charge >= 0.3 is 0 Å². The SMILES string of the molecule is CNC(c1cncs1)c1ccccc1C. The second-order valence-electron chi connectivity index (χ2n) is 3.48. The highest BCUT2D eigenvalue weighted by Gasteiger charge is 2.14. The lowest BCUT2D eigenvalue weighted by molar-refractivity contribution is 0.698. The van der Waals surface area contributed by atoms with Gasteiger partial charge in [-0.15, -0.1) is 11.3 Å². The van der Waals surface area contributed by atoms with Crippen molar-refractivity contribution in [1.29, 1.82) is 0 Å². The van der Waals surface area contributed by atoms with Crippen LogP contribution in [0.5, 0.6) is 0 Å². The summed E-state index contributed by atoms with van der Waals surface area (Å²) in [6.07, 6.45) is 1.93. The molecule has 0 bridgehead atoms. The van der Waals surface area contributed by atoms with Gasteiger partial charge in [0.2, 0.25) is 0 Å². The van der Waals surface area contributed by atoms with E-state index >= 15 is 0 Å². The molecule has 78 valence electrons. The number of hydrogen-bond acceptors (Lipinski definition) is 3. The van der Waals surface area contributed by atoms with Crippen LogP contribution >= 0.6 is 11.3 Å². The Hall–Kier alpha value is -1.19. The molecule has 1 aromatic carbocycles. The number of nitrogens with zero attached hydrogens (tertiary/aromatic N) is 1. The summed E-state index contributed by atoms with van der Waals surface area (Å²) in [5.74, 6) is 0. The number of aromatic nitrogens is 1. The van der Waals surface area contributed by atoms with Gasteiger partial charge in [0, 0.05) is 11.1 Å². The molecule has 3 heteroatoms. The Labute approximate surface area is 94.0 Å². The lowest BCUT2D eigenvalue weighted by atomic mass is 10.0. The van der Waals surface area contributed by atoms with Gasteiger partial charge < -0.3 is 5.32 Å². The first-order valence-corrected chi connectivity index (χ1v) is 5.82. The average molecular weight is 218 g/mol. The highest BCUT2D eigenvalue weighted by Crippen LogP contribution is 2.26. The lowest BCUT2D eigenvalue weighted by Gasteiger charge is -2.16. The molecule has 1 atom stereocenters. The van der Waals surface area contributed by atoms with Gasteiger partial charge in [0.05, 0.1) is 11.6 Å². The van der Waals surface area contributed by atoms with E-state index in [-0.39, 0.29) is 6.04 Å². The first-order chi connectivity index (χ1) is 7.33. The fraction of sp³-hybridized carbons (Fsp3) is 0.250. The molecule has 0 fully saturated rings. The molecule has 1 N–H and O–H groups in total. The van der Waals surface area contributed by atoms with Gasteiger partial charge in [0.1, 0.15) is 0 Å². The molecule has 0 saturated carbocycles. The van der Waals surface area contributed by atoms with Crippen molar-refractivity contribution in [3.05, 3.63) is 52.0 Å². The highest BCUT2D eigenvalue weighted by molar-refractivity contribution is 7.09. The summed E-state index contributed by atoms with van der Waals surface area (Å²) in [4.78, 5) is 5.38. The molecule has 1 aromatic heterocycles. The fourth-order valence-electron chi connectivity index (χ4n) is 1.73. The van der Waals surface area contributed by atoms with Crippen LogP contribution in [0.25, 0.3) is 0 Å². The van der Waals surface area contributed by atoms with Crippen LogP contribution < -0.4 is 5.32 Å². The number of benzene rings is 1. The Bertz CT molecular complexity index is 423. The molecule has 15 heavy (non-hydrogen) atoms. The van der Waals surface area contributed by atoms with Crippen molar-refractivity contribution in [2.75, 3.05) is 7.05 Å². The first kappa shape index (κ1) is 10.3. The number of hydrogen-bond donors (Lipinski definition) is 1. The summed E-state index contributed by atoms with van der Waals surface area (Å²) in [5.41, 5.74) is 4.51. The molecule has 0 aliphatic heterocycles. The maximum Gasteiger partial charge on any atom is 0.0794 e. The van der Waals surface area contributed by atoms with Crippen molar-refractivity contribution in [3.63, 3.8) is 0 Å². The highest BCUT2D eigenvalue weighted by atomic mass is 32.1. The Kier molecular flexibility index (Phi) is 3.14. The minimum Gasteiger partial charge on any atom is -0.309 e. The largest absolute Gasteiger partial charge is 0.309 e. The molecule has 2 aromatic rings. The van der Waals surface area contributed by atoms with Crippen LogP contribution in [0.2, 0.25) is 0 Å². The summed E-state index contributed by atoms with van der Waals surface area (Å²) < 4.78 is 0. The van der Waals surface area contributed by atoms with E-state index in [9.17, 15) is 0 Å². The molecule has 1 unspecified atom stereocenters. The predicted octanol–water partition coefficient (Wildman–Crippen LogP) is 2.76. The van der Waals surface area contributed by atoms with Gasteiger partial charge in [-0.25, -0.2) is 0 Å². The van der Waals surface area contributed by atoms with Crippen molar-refractivity contribution in [3.8, 4) is 0 Å². The lowest BCUT2D eigenvalue weighted by Crippen LogP contribution is -2.17. The molecule has 0 radical (unpaired) electrons. The van der Waals surface area contributed by atoms with Crippen LogP contribution in [0.4, 0.5) is 0 Å². The second kappa shape index (κ2) is 4.55. The number of thiazole rings is 1. The summed E-state index contributed by atoms with van der Waals surface area (Å²) in [7, 11) is 1.98.